The molecule has 3 heteroatoms. The van der Waals surface area contributed by atoms with Crippen molar-refractivity contribution >= 4 is 29.3 Å². The fraction of sp³-hybridized carbons (Fsp3) is 0. The maximum absolute atomic E-state index is 4.64. The average molecular weight is 296 g/mol. The molecule has 0 saturated heterocycles. The number of hydrogen-bond acceptors (Lipinski definition) is 1. The number of nitrogens with zero attached hydrogens (tertiary/aromatic N) is 1. The fourth-order valence-electron chi connectivity index (χ4n) is 1.45. The van der Waals surface area contributed by atoms with Crippen molar-refractivity contribution in [3.63, 3.8) is 0 Å². The van der Waals surface area contributed by atoms with E-state index in [4.69, 9.17) is 0 Å². The summed E-state index contributed by atoms with van der Waals surface area (Å²) >= 11 is -0.262. The first kappa shape index (κ1) is 8.28. The topological polar surface area (TPSA) is 28.7 Å². The van der Waals surface area contributed by atoms with E-state index in [1.165, 1.54) is 18.3 Å². The van der Waals surface area contributed by atoms with Crippen molar-refractivity contribution in [1.29, 1.82) is 0 Å². The molecule has 0 unspecified atom stereocenters. The second kappa shape index (κ2) is 3.27. The molecule has 0 bridgehead atoms. The maximum atomic E-state index is 4.64. The number of aromatic nitrogens is 2. The summed E-state index contributed by atoms with van der Waals surface area (Å²) in [6, 6.07) is 12.5. The minimum atomic E-state index is -0.262. The molecule has 0 spiro atoms. The van der Waals surface area contributed by atoms with Gasteiger partial charge in [0, 0.05) is 0 Å². The van der Waals surface area contributed by atoms with Crippen LogP contribution in [0.5, 0.6) is 0 Å². The summed E-state index contributed by atoms with van der Waals surface area (Å²) in [6.45, 7) is 0. The van der Waals surface area contributed by atoms with E-state index >= 15 is 0 Å². The number of H-pyrrole nitrogens is 1. The van der Waals surface area contributed by atoms with Crippen molar-refractivity contribution in [3.8, 4) is 9.40 Å². The zero-order chi connectivity index (χ0) is 9.38. The van der Waals surface area contributed by atoms with Gasteiger partial charge in [-0.3, -0.25) is 0 Å². The summed E-state index contributed by atoms with van der Waals surface area (Å²) in [6.07, 6.45) is 1.95. The van der Waals surface area contributed by atoms with Crippen molar-refractivity contribution in [3.05, 3.63) is 42.6 Å². The monoisotopic (exact) mass is 298 g/mol. The van der Waals surface area contributed by atoms with E-state index in [2.05, 4.69) is 34.2 Å². The first-order valence-electron chi connectivity index (χ1n) is 4.43. The Kier molecular flexibility index (Phi) is 1.93. The van der Waals surface area contributed by atoms with Crippen molar-refractivity contribution in [1.82, 2.24) is 9.97 Å². The summed E-state index contributed by atoms with van der Waals surface area (Å²) < 4.78 is 2.71. The van der Waals surface area contributed by atoms with Gasteiger partial charge < -0.3 is 0 Å². The van der Waals surface area contributed by atoms with Gasteiger partial charge in [-0.05, 0) is 0 Å². The van der Waals surface area contributed by atoms with Crippen molar-refractivity contribution in [2.75, 3.05) is 0 Å². The summed E-state index contributed by atoms with van der Waals surface area (Å²) in [4.78, 5) is 7.85. The zero-order valence-electron chi connectivity index (χ0n) is 7.40. The van der Waals surface area contributed by atoms with E-state index in [1.54, 1.807) is 0 Å². The van der Waals surface area contributed by atoms with Crippen LogP contribution in [0.15, 0.2) is 42.6 Å². The van der Waals surface area contributed by atoms with E-state index in [0.717, 1.165) is 0 Å². The standard InChI is InChI=1S/C11H8N2Te/c1-2-6-10-8(4-1)13-11(14-10)9-5-3-7-12-9/h1-7,12H. The molecule has 2 aromatic heterocycles. The quantitative estimate of drug-likeness (QED) is 0.686. The van der Waals surface area contributed by atoms with E-state index in [9.17, 15) is 0 Å². The van der Waals surface area contributed by atoms with Crippen LogP contribution in [-0.4, -0.2) is 30.4 Å². The molecule has 3 rings (SSSR count). The van der Waals surface area contributed by atoms with Crippen LogP contribution in [0.1, 0.15) is 0 Å². The Morgan fingerprint density at radius 1 is 1.07 bits per heavy atom. The van der Waals surface area contributed by atoms with E-state index < -0.39 is 0 Å². The van der Waals surface area contributed by atoms with Gasteiger partial charge in [0.1, 0.15) is 0 Å². The second-order valence-electron chi connectivity index (χ2n) is 3.07. The molecule has 0 aliphatic heterocycles. The zero-order valence-corrected chi connectivity index (χ0v) is 9.73. The fourth-order valence-corrected chi connectivity index (χ4v) is 4.17. The van der Waals surface area contributed by atoms with Gasteiger partial charge in [0.2, 0.25) is 0 Å². The number of hydrogen-bond donors (Lipinski definition) is 1. The van der Waals surface area contributed by atoms with Crippen molar-refractivity contribution < 1.29 is 0 Å². The summed E-state index contributed by atoms with van der Waals surface area (Å²) in [5.41, 5.74) is 2.35. The minimum absolute atomic E-state index is 0.262. The molecule has 0 aliphatic rings. The van der Waals surface area contributed by atoms with Crippen LogP contribution >= 0.6 is 0 Å². The number of aromatic amines is 1. The number of para-hydroxylation sites is 1. The van der Waals surface area contributed by atoms with Crippen LogP contribution in [0, 0.1) is 0 Å². The van der Waals surface area contributed by atoms with Gasteiger partial charge in [-0.25, -0.2) is 0 Å². The van der Waals surface area contributed by atoms with Gasteiger partial charge in [-0.2, -0.15) is 0 Å². The van der Waals surface area contributed by atoms with Gasteiger partial charge in [0.25, 0.3) is 0 Å². The van der Waals surface area contributed by atoms with Crippen LogP contribution < -0.4 is 0 Å². The molecule has 0 fully saturated rings. The second-order valence-corrected chi connectivity index (χ2v) is 6.01. The first-order chi connectivity index (χ1) is 6.93. The van der Waals surface area contributed by atoms with Crippen LogP contribution in [0.3, 0.4) is 0 Å². The van der Waals surface area contributed by atoms with Gasteiger partial charge >= 0.3 is 91.3 Å². The molecular formula is C11H8N2Te. The molecule has 2 nitrogen and oxygen atoms in total. The number of fused-ring (bicyclic) bond motifs is 1. The normalized spacial score (nSPS) is 10.9. The Labute approximate surface area is 91.2 Å². The Balaban J connectivity index is 2.24. The predicted octanol–water partition coefficient (Wildman–Crippen LogP) is 2.29. The van der Waals surface area contributed by atoms with Crippen molar-refractivity contribution in [2.45, 2.75) is 0 Å². The molecule has 0 atom stereocenters. The van der Waals surface area contributed by atoms with E-state index in [1.807, 2.05) is 18.3 Å². The molecule has 2 heterocycles. The number of rotatable bonds is 1. The third-order valence-corrected chi connectivity index (χ3v) is 5.18. The Morgan fingerprint density at radius 2 is 2.00 bits per heavy atom. The third kappa shape index (κ3) is 1.30. The molecule has 14 heavy (non-hydrogen) atoms. The summed E-state index contributed by atoms with van der Waals surface area (Å²) in [5.74, 6) is 0. The Morgan fingerprint density at radius 3 is 2.79 bits per heavy atom. The Bertz CT molecular complexity index is 518. The molecule has 3 aromatic rings. The molecule has 0 saturated carbocycles. The average Bonchev–Trinajstić information content (AvgIpc) is 2.86. The molecule has 1 N–H and O–H groups in total. The van der Waals surface area contributed by atoms with Crippen LogP contribution in [-0.2, 0) is 0 Å². The van der Waals surface area contributed by atoms with Crippen LogP contribution in [0.4, 0.5) is 0 Å². The van der Waals surface area contributed by atoms with Crippen LogP contribution in [0.25, 0.3) is 18.3 Å². The molecule has 1 aromatic carbocycles. The first-order valence-corrected chi connectivity index (χ1v) is 6.76. The summed E-state index contributed by atoms with van der Waals surface area (Å²) in [7, 11) is 0. The molecular weight excluding hydrogens is 288 g/mol. The SMILES string of the molecule is c1c[nH]c(-c2nc3ccccc3[te]2)c1. The van der Waals surface area contributed by atoms with E-state index in [0.29, 0.717) is 0 Å². The van der Waals surface area contributed by atoms with Crippen molar-refractivity contribution in [2.24, 2.45) is 0 Å². The van der Waals surface area contributed by atoms with Crippen LogP contribution in [0.2, 0.25) is 0 Å². The number of benzene rings is 1. The van der Waals surface area contributed by atoms with Gasteiger partial charge in [-0.15, -0.1) is 0 Å². The number of nitrogens with one attached hydrogen (secondary N) is 1. The van der Waals surface area contributed by atoms with E-state index in [-0.39, 0.29) is 20.4 Å². The Hall–Kier alpha value is -1.04. The van der Waals surface area contributed by atoms with Gasteiger partial charge in [0.15, 0.2) is 0 Å². The molecule has 0 amide bonds. The molecule has 0 radical (unpaired) electrons. The third-order valence-electron chi connectivity index (χ3n) is 2.12. The van der Waals surface area contributed by atoms with Gasteiger partial charge in [0.05, 0.1) is 0 Å². The molecule has 0 aliphatic carbocycles. The predicted molar refractivity (Wildman–Crippen MR) is 58.5 cm³/mol. The molecule has 68 valence electrons. The summed E-state index contributed by atoms with van der Waals surface area (Å²) in [5, 5.41) is 0. The van der Waals surface area contributed by atoms with Gasteiger partial charge in [-0.1, -0.05) is 0 Å².